The lowest BCUT2D eigenvalue weighted by atomic mass is 10.2. The van der Waals surface area contributed by atoms with E-state index in [9.17, 15) is 9.59 Å². The summed E-state index contributed by atoms with van der Waals surface area (Å²) >= 11 is 0. The van der Waals surface area contributed by atoms with E-state index in [2.05, 4.69) is 5.10 Å². The molecular weight excluding hydrogens is 250 g/mol. The summed E-state index contributed by atoms with van der Waals surface area (Å²) in [5.74, 6) is -1.03. The van der Waals surface area contributed by atoms with Gasteiger partial charge >= 0.3 is 5.97 Å². The highest BCUT2D eigenvalue weighted by Crippen LogP contribution is 2.05. The van der Waals surface area contributed by atoms with E-state index < -0.39 is 12.1 Å². The van der Waals surface area contributed by atoms with Gasteiger partial charge in [-0.25, -0.2) is 9.48 Å². The molecule has 0 aliphatic carbocycles. The highest BCUT2D eigenvalue weighted by Gasteiger charge is 2.17. The smallest absolute Gasteiger partial charge is 0.332 e. The fourth-order valence-corrected chi connectivity index (χ4v) is 1.56. The summed E-state index contributed by atoms with van der Waals surface area (Å²) in [5.41, 5.74) is 0.452. The Morgan fingerprint density at radius 1 is 1.58 bits per heavy atom. The number of carboxylic acid groups (broad SMARTS) is 1. The van der Waals surface area contributed by atoms with E-state index in [1.165, 1.54) is 10.7 Å². The number of carbonyl (C=O) groups is 1. The van der Waals surface area contributed by atoms with Gasteiger partial charge in [0.1, 0.15) is 0 Å². The van der Waals surface area contributed by atoms with Crippen LogP contribution in [0.4, 0.5) is 5.69 Å². The summed E-state index contributed by atoms with van der Waals surface area (Å²) in [6.07, 6.45) is 0.863. The summed E-state index contributed by atoms with van der Waals surface area (Å²) in [6, 6.07) is 1.46. The van der Waals surface area contributed by atoms with Crippen LogP contribution in [0.5, 0.6) is 0 Å². The van der Waals surface area contributed by atoms with E-state index >= 15 is 0 Å². The van der Waals surface area contributed by atoms with Crippen LogP contribution in [0.2, 0.25) is 0 Å². The molecule has 106 valence electrons. The molecule has 1 aromatic heterocycles. The zero-order chi connectivity index (χ0) is 14.4. The third kappa shape index (κ3) is 4.36. The van der Waals surface area contributed by atoms with Crippen LogP contribution in [0.15, 0.2) is 17.1 Å². The lowest BCUT2D eigenvalue weighted by Crippen LogP contribution is -2.30. The maximum absolute atomic E-state index is 11.8. The highest BCUT2D eigenvalue weighted by atomic mass is 16.5. The van der Waals surface area contributed by atoms with E-state index in [0.29, 0.717) is 12.3 Å². The number of rotatable bonds is 7. The van der Waals surface area contributed by atoms with Crippen LogP contribution in [0.1, 0.15) is 13.3 Å². The minimum Gasteiger partial charge on any atom is -0.479 e. The van der Waals surface area contributed by atoms with Crippen molar-refractivity contribution in [2.24, 2.45) is 0 Å². The third-order valence-electron chi connectivity index (χ3n) is 2.62. The molecule has 1 N–H and O–H groups in total. The topological polar surface area (TPSA) is 84.7 Å². The van der Waals surface area contributed by atoms with E-state index in [0.717, 1.165) is 0 Å². The Balaban J connectivity index is 2.72. The molecule has 1 rings (SSSR count). The molecule has 0 fully saturated rings. The molecule has 7 heteroatoms. The van der Waals surface area contributed by atoms with Crippen LogP contribution in [-0.4, -0.2) is 47.7 Å². The average molecular weight is 269 g/mol. The van der Waals surface area contributed by atoms with Gasteiger partial charge in [-0.3, -0.25) is 4.79 Å². The van der Waals surface area contributed by atoms with Crippen LogP contribution < -0.4 is 10.5 Å². The molecule has 0 aromatic carbocycles. The monoisotopic (exact) mass is 269 g/mol. The number of aliphatic carboxylic acids is 1. The third-order valence-corrected chi connectivity index (χ3v) is 2.62. The average Bonchev–Trinajstić information content (AvgIpc) is 2.35. The van der Waals surface area contributed by atoms with E-state index in [1.54, 1.807) is 18.0 Å². The molecular formula is C12H19N3O4. The minimum absolute atomic E-state index is 0.206. The molecule has 1 unspecified atom stereocenters. The molecule has 0 aliphatic heterocycles. The molecule has 19 heavy (non-hydrogen) atoms. The summed E-state index contributed by atoms with van der Waals surface area (Å²) < 4.78 is 6.31. The Labute approximate surface area is 111 Å². The number of ether oxygens (including phenoxy) is 1. The molecule has 0 radical (unpaired) electrons. The van der Waals surface area contributed by atoms with Crippen molar-refractivity contribution in [3.05, 3.63) is 22.6 Å². The summed E-state index contributed by atoms with van der Waals surface area (Å²) in [6.45, 7) is 2.26. The van der Waals surface area contributed by atoms with Gasteiger partial charge in [0.15, 0.2) is 6.10 Å². The van der Waals surface area contributed by atoms with Crippen LogP contribution in [0, 0.1) is 0 Å². The Hall–Kier alpha value is -1.89. The van der Waals surface area contributed by atoms with Crippen molar-refractivity contribution in [2.45, 2.75) is 26.0 Å². The number of aryl methyl sites for hydroxylation is 1. The van der Waals surface area contributed by atoms with Gasteiger partial charge in [-0.15, -0.1) is 0 Å². The molecule has 0 spiro atoms. The standard InChI is InChI=1S/C12H19N3O4/c1-4-19-10(12(17)18)5-6-15-11(16)7-9(8-13-15)14(2)3/h7-8,10H,4-6H2,1-3H3,(H,17,18). The first kappa shape index (κ1) is 15.2. The van der Waals surface area contributed by atoms with Gasteiger partial charge in [0, 0.05) is 39.7 Å². The van der Waals surface area contributed by atoms with Gasteiger partial charge in [0.2, 0.25) is 0 Å². The Kier molecular flexibility index (Phi) is 5.50. The lowest BCUT2D eigenvalue weighted by molar-refractivity contribution is -0.150. The zero-order valence-corrected chi connectivity index (χ0v) is 11.4. The molecule has 7 nitrogen and oxygen atoms in total. The molecule has 1 heterocycles. The van der Waals surface area contributed by atoms with Crippen molar-refractivity contribution in [2.75, 3.05) is 25.6 Å². The van der Waals surface area contributed by atoms with Gasteiger partial charge in [0.05, 0.1) is 11.9 Å². The number of hydrogen-bond acceptors (Lipinski definition) is 5. The Morgan fingerprint density at radius 2 is 2.26 bits per heavy atom. The summed E-state index contributed by atoms with van der Waals surface area (Å²) in [5, 5.41) is 12.9. The van der Waals surface area contributed by atoms with Crippen molar-refractivity contribution in [3.63, 3.8) is 0 Å². The number of carboxylic acids is 1. The largest absolute Gasteiger partial charge is 0.479 e. The van der Waals surface area contributed by atoms with E-state index in [4.69, 9.17) is 9.84 Å². The van der Waals surface area contributed by atoms with Gasteiger partial charge < -0.3 is 14.7 Å². The van der Waals surface area contributed by atoms with Crippen molar-refractivity contribution < 1.29 is 14.6 Å². The minimum atomic E-state index is -1.03. The number of nitrogens with zero attached hydrogens (tertiary/aromatic N) is 3. The van der Waals surface area contributed by atoms with Crippen molar-refractivity contribution in [3.8, 4) is 0 Å². The molecule has 0 amide bonds. The van der Waals surface area contributed by atoms with Crippen LogP contribution in [0.3, 0.4) is 0 Å². The Morgan fingerprint density at radius 3 is 2.74 bits per heavy atom. The van der Waals surface area contributed by atoms with Crippen LogP contribution >= 0.6 is 0 Å². The number of aromatic nitrogens is 2. The predicted octanol–water partition coefficient (Wildman–Crippen LogP) is 0.189. The molecule has 1 atom stereocenters. The fraction of sp³-hybridized carbons (Fsp3) is 0.583. The lowest BCUT2D eigenvalue weighted by Gasteiger charge is -2.14. The first-order chi connectivity index (χ1) is 8.95. The maximum Gasteiger partial charge on any atom is 0.332 e. The second-order valence-electron chi connectivity index (χ2n) is 4.24. The van der Waals surface area contributed by atoms with Gasteiger partial charge in [0.25, 0.3) is 5.56 Å². The summed E-state index contributed by atoms with van der Waals surface area (Å²) in [7, 11) is 3.63. The Bertz CT molecular complexity index is 484. The highest BCUT2D eigenvalue weighted by molar-refractivity contribution is 5.72. The molecule has 0 aliphatic rings. The van der Waals surface area contributed by atoms with Crippen LogP contribution in [0.25, 0.3) is 0 Å². The SMILES string of the molecule is CCOC(CCn1ncc(N(C)C)cc1=O)C(=O)O. The first-order valence-electron chi connectivity index (χ1n) is 6.04. The number of hydrogen-bond donors (Lipinski definition) is 1. The molecule has 0 bridgehead atoms. The number of anilines is 1. The quantitative estimate of drug-likeness (QED) is 0.760. The van der Waals surface area contributed by atoms with Gasteiger partial charge in [-0.1, -0.05) is 0 Å². The van der Waals surface area contributed by atoms with Crippen LogP contribution in [-0.2, 0) is 16.1 Å². The molecule has 0 saturated heterocycles. The van der Waals surface area contributed by atoms with E-state index in [1.807, 2.05) is 14.1 Å². The molecule has 0 saturated carbocycles. The van der Waals surface area contributed by atoms with E-state index in [-0.39, 0.29) is 18.5 Å². The fourth-order valence-electron chi connectivity index (χ4n) is 1.56. The van der Waals surface area contributed by atoms with Gasteiger partial charge in [-0.2, -0.15) is 5.10 Å². The van der Waals surface area contributed by atoms with Crippen molar-refractivity contribution >= 4 is 11.7 Å². The first-order valence-corrected chi connectivity index (χ1v) is 6.04. The zero-order valence-electron chi connectivity index (χ0n) is 11.4. The second kappa shape index (κ2) is 6.89. The van der Waals surface area contributed by atoms with Crippen molar-refractivity contribution in [1.29, 1.82) is 0 Å². The van der Waals surface area contributed by atoms with Crippen molar-refractivity contribution in [1.82, 2.24) is 9.78 Å². The molecule has 1 aromatic rings. The second-order valence-corrected chi connectivity index (χ2v) is 4.24. The summed E-state index contributed by atoms with van der Waals surface area (Å²) in [4.78, 5) is 24.4. The maximum atomic E-state index is 11.8. The predicted molar refractivity (Wildman–Crippen MR) is 70.5 cm³/mol. The normalized spacial score (nSPS) is 12.2. The van der Waals surface area contributed by atoms with Gasteiger partial charge in [-0.05, 0) is 6.92 Å².